The van der Waals surface area contributed by atoms with Crippen molar-refractivity contribution in [3.8, 4) is 0 Å². The van der Waals surface area contributed by atoms with Gasteiger partial charge < -0.3 is 9.52 Å². The van der Waals surface area contributed by atoms with Crippen molar-refractivity contribution in [2.45, 2.75) is 38.8 Å². The molecule has 1 aromatic heterocycles. The number of rotatable bonds is 3. The molecule has 1 aliphatic rings. The molecule has 0 aromatic carbocycles. The van der Waals surface area contributed by atoms with Crippen LogP contribution in [0.25, 0.3) is 0 Å². The fourth-order valence-electron chi connectivity index (χ4n) is 2.60. The number of likely N-dealkylation sites (tertiary alicyclic amines) is 1. The van der Waals surface area contributed by atoms with Crippen molar-refractivity contribution in [1.82, 2.24) is 10.3 Å². The summed E-state index contributed by atoms with van der Waals surface area (Å²) in [7, 11) is 0. The normalized spacial score (nSPS) is 24.4. The Morgan fingerprint density at radius 3 is 3.05 bits per heavy atom. The molecular weight excluding hydrogens is 246 g/mol. The van der Waals surface area contributed by atoms with Crippen LogP contribution in [0.15, 0.2) is 10.5 Å². The molecule has 19 heavy (non-hydrogen) atoms. The molecule has 1 aromatic rings. The second-order valence-corrected chi connectivity index (χ2v) is 5.47. The third-order valence-corrected chi connectivity index (χ3v) is 3.48. The highest BCUT2D eigenvalue weighted by molar-refractivity contribution is 5.94. The molecule has 1 atom stereocenters. The molecular formula is C13H21N3O3. The van der Waals surface area contributed by atoms with E-state index in [9.17, 15) is 9.90 Å². The summed E-state index contributed by atoms with van der Waals surface area (Å²) >= 11 is 0. The van der Waals surface area contributed by atoms with Gasteiger partial charge in [0.1, 0.15) is 11.5 Å². The molecule has 0 saturated carbocycles. The summed E-state index contributed by atoms with van der Waals surface area (Å²) in [5.74, 6) is 6.04. The largest absolute Gasteiger partial charge is 0.464 e. The summed E-state index contributed by atoms with van der Waals surface area (Å²) in [4.78, 5) is 13.6. The molecule has 6 heteroatoms. The van der Waals surface area contributed by atoms with Gasteiger partial charge in [0.2, 0.25) is 0 Å². The monoisotopic (exact) mass is 267 g/mol. The molecule has 0 aliphatic carbocycles. The Balaban J connectivity index is 2.05. The zero-order valence-corrected chi connectivity index (χ0v) is 11.4. The van der Waals surface area contributed by atoms with Gasteiger partial charge in [0.05, 0.1) is 17.7 Å². The van der Waals surface area contributed by atoms with Gasteiger partial charge in [0.25, 0.3) is 5.91 Å². The van der Waals surface area contributed by atoms with Crippen LogP contribution >= 0.6 is 0 Å². The van der Waals surface area contributed by atoms with Gasteiger partial charge >= 0.3 is 0 Å². The Bertz CT molecular complexity index is 468. The molecule has 2 rings (SSSR count). The first-order valence-electron chi connectivity index (χ1n) is 6.46. The van der Waals surface area contributed by atoms with Crippen LogP contribution in [-0.2, 0) is 6.54 Å². The van der Waals surface area contributed by atoms with Crippen LogP contribution in [0.2, 0.25) is 0 Å². The predicted octanol–water partition coefficient (Wildman–Crippen LogP) is 0.538. The Morgan fingerprint density at radius 2 is 2.42 bits per heavy atom. The van der Waals surface area contributed by atoms with E-state index in [2.05, 4.69) is 10.3 Å². The smallest absolute Gasteiger partial charge is 0.268 e. The minimum atomic E-state index is -0.642. The van der Waals surface area contributed by atoms with Gasteiger partial charge in [-0.25, -0.2) is 5.84 Å². The average Bonchev–Trinajstić information content (AvgIpc) is 2.68. The molecule has 2 heterocycles. The number of hydrazine groups is 1. The molecule has 1 amide bonds. The molecule has 0 bridgehead atoms. The van der Waals surface area contributed by atoms with Crippen molar-refractivity contribution < 1.29 is 14.3 Å². The fourth-order valence-corrected chi connectivity index (χ4v) is 2.60. The van der Waals surface area contributed by atoms with Crippen molar-refractivity contribution in [2.75, 3.05) is 13.1 Å². The SMILES string of the molecule is Cc1oc(CN2CCCC(C)(O)C2)cc1C(=O)NN. The number of hydrogen-bond donors (Lipinski definition) is 3. The van der Waals surface area contributed by atoms with Gasteiger partial charge in [-0.15, -0.1) is 0 Å². The average molecular weight is 267 g/mol. The van der Waals surface area contributed by atoms with E-state index in [-0.39, 0.29) is 5.91 Å². The lowest BCUT2D eigenvalue weighted by Crippen LogP contribution is -2.45. The summed E-state index contributed by atoms with van der Waals surface area (Å²) in [6.45, 7) is 5.72. The van der Waals surface area contributed by atoms with Crippen LogP contribution in [0.4, 0.5) is 0 Å². The molecule has 4 N–H and O–H groups in total. The van der Waals surface area contributed by atoms with Gasteiger partial charge in [-0.3, -0.25) is 15.1 Å². The number of nitrogens with one attached hydrogen (secondary N) is 1. The molecule has 1 saturated heterocycles. The van der Waals surface area contributed by atoms with Gasteiger partial charge in [-0.05, 0) is 39.3 Å². The number of furan rings is 1. The molecule has 1 fully saturated rings. The fraction of sp³-hybridized carbons (Fsp3) is 0.615. The van der Waals surface area contributed by atoms with Gasteiger partial charge in [-0.1, -0.05) is 0 Å². The van der Waals surface area contributed by atoms with Crippen molar-refractivity contribution >= 4 is 5.91 Å². The lowest BCUT2D eigenvalue weighted by Gasteiger charge is -2.36. The van der Waals surface area contributed by atoms with E-state index in [1.807, 2.05) is 6.92 Å². The number of aryl methyl sites for hydroxylation is 1. The van der Waals surface area contributed by atoms with Crippen LogP contribution in [0, 0.1) is 6.92 Å². The highest BCUT2D eigenvalue weighted by Crippen LogP contribution is 2.23. The Morgan fingerprint density at radius 1 is 1.68 bits per heavy atom. The Hall–Kier alpha value is -1.37. The van der Waals surface area contributed by atoms with E-state index in [0.29, 0.717) is 30.2 Å². The van der Waals surface area contributed by atoms with Crippen molar-refractivity contribution in [3.05, 3.63) is 23.2 Å². The minimum absolute atomic E-state index is 0.349. The highest BCUT2D eigenvalue weighted by Gasteiger charge is 2.29. The van der Waals surface area contributed by atoms with Crippen molar-refractivity contribution in [3.63, 3.8) is 0 Å². The van der Waals surface area contributed by atoms with Crippen LogP contribution in [0.5, 0.6) is 0 Å². The summed E-state index contributed by atoms with van der Waals surface area (Å²) in [5.41, 5.74) is 1.92. The van der Waals surface area contributed by atoms with Crippen molar-refractivity contribution in [2.24, 2.45) is 5.84 Å². The topological polar surface area (TPSA) is 91.7 Å². The Labute approximate surface area is 112 Å². The third-order valence-electron chi connectivity index (χ3n) is 3.48. The molecule has 0 radical (unpaired) electrons. The minimum Gasteiger partial charge on any atom is -0.464 e. The first-order chi connectivity index (χ1) is 8.91. The predicted molar refractivity (Wildman–Crippen MR) is 70.2 cm³/mol. The third kappa shape index (κ3) is 3.34. The number of nitrogens with two attached hydrogens (primary N) is 1. The van der Waals surface area contributed by atoms with Gasteiger partial charge in [0.15, 0.2) is 0 Å². The zero-order valence-electron chi connectivity index (χ0n) is 11.4. The van der Waals surface area contributed by atoms with Crippen LogP contribution in [0.1, 0.15) is 41.6 Å². The first kappa shape index (κ1) is 14.0. The number of β-amino-alcohol motifs (C(OH)–C–C–N with tert-alkyl or cyclic N) is 1. The van der Waals surface area contributed by atoms with E-state index in [1.165, 1.54) is 0 Å². The Kier molecular flexibility index (Phi) is 3.93. The first-order valence-corrected chi connectivity index (χ1v) is 6.46. The van der Waals surface area contributed by atoms with E-state index in [4.69, 9.17) is 10.3 Å². The van der Waals surface area contributed by atoms with Crippen LogP contribution in [0.3, 0.4) is 0 Å². The quantitative estimate of drug-likeness (QED) is 0.422. The standard InChI is InChI=1S/C13H21N3O3/c1-9-11(12(17)15-14)6-10(19-9)7-16-5-3-4-13(2,18)8-16/h6,18H,3-5,7-8,14H2,1-2H3,(H,15,17). The second kappa shape index (κ2) is 5.32. The number of carbonyl (C=O) groups is 1. The number of nitrogens with zero attached hydrogens (tertiary/aromatic N) is 1. The van der Waals surface area contributed by atoms with Gasteiger partial charge in [-0.2, -0.15) is 0 Å². The summed E-state index contributed by atoms with van der Waals surface area (Å²) in [5, 5.41) is 10.1. The molecule has 1 aliphatic heterocycles. The number of hydrogen-bond acceptors (Lipinski definition) is 5. The van der Waals surface area contributed by atoms with E-state index >= 15 is 0 Å². The number of aliphatic hydroxyl groups is 1. The van der Waals surface area contributed by atoms with Crippen molar-refractivity contribution in [1.29, 1.82) is 0 Å². The maximum Gasteiger partial charge on any atom is 0.268 e. The second-order valence-electron chi connectivity index (χ2n) is 5.47. The molecule has 6 nitrogen and oxygen atoms in total. The van der Waals surface area contributed by atoms with E-state index < -0.39 is 5.60 Å². The summed E-state index contributed by atoms with van der Waals surface area (Å²) in [6.07, 6.45) is 1.78. The zero-order chi connectivity index (χ0) is 14.0. The lowest BCUT2D eigenvalue weighted by atomic mass is 9.95. The maximum absolute atomic E-state index is 11.5. The van der Waals surface area contributed by atoms with Gasteiger partial charge in [0, 0.05) is 6.54 Å². The summed E-state index contributed by atoms with van der Waals surface area (Å²) in [6, 6.07) is 1.71. The lowest BCUT2D eigenvalue weighted by molar-refractivity contribution is -0.0199. The summed E-state index contributed by atoms with van der Waals surface area (Å²) < 4.78 is 5.57. The van der Waals surface area contributed by atoms with Crippen LogP contribution in [-0.4, -0.2) is 34.6 Å². The maximum atomic E-state index is 11.5. The number of piperidine rings is 1. The molecule has 106 valence electrons. The molecule has 0 spiro atoms. The van der Waals surface area contributed by atoms with E-state index in [0.717, 1.165) is 19.4 Å². The number of nitrogen functional groups attached to an aromatic ring is 1. The number of carbonyl (C=O) groups excluding carboxylic acids is 1. The number of amides is 1. The molecule has 1 unspecified atom stereocenters. The van der Waals surface area contributed by atoms with Crippen LogP contribution < -0.4 is 11.3 Å². The highest BCUT2D eigenvalue weighted by atomic mass is 16.3. The van der Waals surface area contributed by atoms with E-state index in [1.54, 1.807) is 13.0 Å².